The van der Waals surface area contributed by atoms with Crippen LogP contribution >= 0.6 is 0 Å². The minimum Gasteiger partial charge on any atom is -0.356 e. The summed E-state index contributed by atoms with van der Waals surface area (Å²) in [6.45, 7) is 1.43. The van der Waals surface area contributed by atoms with Crippen LogP contribution < -0.4 is 9.62 Å². The largest absolute Gasteiger partial charge is 0.356 e. The zero-order valence-corrected chi connectivity index (χ0v) is 11.6. The Kier molecular flexibility index (Phi) is 5.24. The molecule has 1 aromatic rings. The normalized spacial score (nSPS) is 25.3. The summed E-state index contributed by atoms with van der Waals surface area (Å²) in [7, 11) is -1.11. The highest BCUT2D eigenvalue weighted by molar-refractivity contribution is 7.82. The number of rotatable bonds is 5. The quantitative estimate of drug-likeness (QED) is 0.880. The Labute approximate surface area is 114 Å². The van der Waals surface area contributed by atoms with E-state index in [4.69, 9.17) is 0 Å². The van der Waals surface area contributed by atoms with Gasteiger partial charge in [-0.25, -0.2) is 13.9 Å². The molecule has 1 aromatic heterocycles. The summed E-state index contributed by atoms with van der Waals surface area (Å²) >= 11 is 0. The molecule has 2 rings (SSSR count). The zero-order chi connectivity index (χ0) is 13.7. The lowest BCUT2D eigenvalue weighted by atomic mass is 9.93. The zero-order valence-electron chi connectivity index (χ0n) is 10.8. The van der Waals surface area contributed by atoms with Gasteiger partial charge in [-0.05, 0) is 23.1 Å². The van der Waals surface area contributed by atoms with Crippen LogP contribution in [0.1, 0.15) is 6.42 Å². The summed E-state index contributed by atoms with van der Waals surface area (Å²) in [5.41, 5.74) is 0. The number of anilines is 1. The molecule has 0 amide bonds. The molecule has 1 saturated heterocycles. The molecule has 1 fully saturated rings. The second-order valence-corrected chi connectivity index (χ2v) is 5.78. The Bertz CT molecular complexity index is 421. The van der Waals surface area contributed by atoms with Gasteiger partial charge in [-0.1, -0.05) is 6.07 Å². The molecule has 1 N–H and O–H groups in total. The van der Waals surface area contributed by atoms with Crippen molar-refractivity contribution >= 4 is 16.8 Å². The van der Waals surface area contributed by atoms with Crippen LogP contribution in [0.15, 0.2) is 24.4 Å². The van der Waals surface area contributed by atoms with Crippen LogP contribution in [0.25, 0.3) is 0 Å². The first-order valence-electron chi connectivity index (χ1n) is 6.20. The van der Waals surface area contributed by atoms with Gasteiger partial charge in [0.1, 0.15) is 5.82 Å². The van der Waals surface area contributed by atoms with Gasteiger partial charge in [0.15, 0.2) is 0 Å². The van der Waals surface area contributed by atoms with Gasteiger partial charge in [0.25, 0.3) is 0 Å². The van der Waals surface area contributed by atoms with Gasteiger partial charge in [0.05, 0.1) is 17.6 Å². The molecule has 0 saturated carbocycles. The minimum atomic E-state index is -1.11. The number of hydrogen-bond donors (Lipinski definition) is 1. The third-order valence-corrected chi connectivity index (χ3v) is 3.94. The second kappa shape index (κ2) is 6.93. The molecule has 1 aliphatic rings. The van der Waals surface area contributed by atoms with Crippen molar-refractivity contribution in [3.63, 3.8) is 0 Å². The third kappa shape index (κ3) is 3.95. The van der Waals surface area contributed by atoms with E-state index in [1.54, 1.807) is 12.5 Å². The lowest BCUT2D eigenvalue weighted by Gasteiger charge is -2.38. The average Bonchev–Trinajstić information content (AvgIpc) is 2.41. The number of halogens is 1. The highest BCUT2D eigenvalue weighted by Gasteiger charge is 2.30. The van der Waals surface area contributed by atoms with Crippen LogP contribution in [0.3, 0.4) is 0 Å². The first-order chi connectivity index (χ1) is 9.20. The van der Waals surface area contributed by atoms with Crippen molar-refractivity contribution in [2.75, 3.05) is 30.9 Å². The van der Waals surface area contributed by atoms with E-state index in [0.717, 1.165) is 18.8 Å². The number of nitrogens with one attached hydrogen (secondary N) is 1. The van der Waals surface area contributed by atoms with E-state index in [1.807, 2.05) is 18.2 Å². The minimum absolute atomic E-state index is 0.00143. The third-order valence-electron chi connectivity index (χ3n) is 3.30. The van der Waals surface area contributed by atoms with Crippen molar-refractivity contribution in [2.45, 2.75) is 12.5 Å². The molecule has 0 aliphatic carbocycles. The van der Waals surface area contributed by atoms with Crippen molar-refractivity contribution in [2.24, 2.45) is 5.92 Å². The van der Waals surface area contributed by atoms with E-state index in [2.05, 4.69) is 19.5 Å². The summed E-state index contributed by atoms with van der Waals surface area (Å²) in [6, 6.07) is 5.72. The summed E-state index contributed by atoms with van der Waals surface area (Å²) in [5.74, 6) is 0.826. The fraction of sp³-hybridized carbons (Fsp3) is 0.583. The van der Waals surface area contributed by atoms with E-state index < -0.39 is 11.0 Å². The molecule has 2 unspecified atom stereocenters. The molecule has 106 valence electrons. The topological polar surface area (TPSA) is 54.5 Å². The van der Waals surface area contributed by atoms with Gasteiger partial charge in [-0.3, -0.25) is 0 Å². The molecule has 7 heteroatoms. The number of piperidine rings is 1. The van der Waals surface area contributed by atoms with Gasteiger partial charge in [-0.15, -0.1) is 0 Å². The Morgan fingerprint density at radius 2 is 2.47 bits per heavy atom. The molecule has 2 heterocycles. The molecule has 1 aliphatic heterocycles. The Hall–Kier alpha value is -1.05. The van der Waals surface area contributed by atoms with E-state index in [9.17, 15) is 8.74 Å². The van der Waals surface area contributed by atoms with E-state index in [-0.39, 0.29) is 18.6 Å². The Balaban J connectivity index is 2.03. The smallest absolute Gasteiger partial charge is 0.128 e. The first-order valence-corrected chi connectivity index (χ1v) is 7.75. The van der Waals surface area contributed by atoms with Gasteiger partial charge < -0.3 is 4.90 Å². The molecular formula is C12H18FN3O2S. The van der Waals surface area contributed by atoms with Crippen LogP contribution in [0, 0.1) is 5.92 Å². The van der Waals surface area contributed by atoms with Gasteiger partial charge in [0, 0.05) is 37.5 Å². The number of pyridine rings is 1. The summed E-state index contributed by atoms with van der Waals surface area (Å²) in [5, 5.41) is 0. The lowest BCUT2D eigenvalue weighted by Crippen LogP contribution is -2.51. The maximum absolute atomic E-state index is 12.2. The van der Waals surface area contributed by atoms with Gasteiger partial charge in [0.2, 0.25) is 0 Å². The van der Waals surface area contributed by atoms with Crippen molar-refractivity contribution in [1.29, 1.82) is 0 Å². The van der Waals surface area contributed by atoms with Crippen molar-refractivity contribution in [1.82, 2.24) is 9.71 Å². The highest BCUT2D eigenvalue weighted by Crippen LogP contribution is 2.22. The molecule has 0 bridgehead atoms. The van der Waals surface area contributed by atoms with E-state index >= 15 is 0 Å². The molecule has 5 nitrogen and oxygen atoms in total. The van der Waals surface area contributed by atoms with Crippen molar-refractivity contribution < 1.29 is 13.7 Å². The standard InChI is InChI=1S/C12H18FN3O2S/c1-19(17)15-11-5-7-16(8-10(11)9-18-13)12-4-2-3-6-14-12/h2-4,6,10-11,15H,5,7-9H2,1H3/t10-,11?,19?/m0/s1. The van der Waals surface area contributed by atoms with Crippen LogP contribution in [0.4, 0.5) is 10.3 Å². The van der Waals surface area contributed by atoms with Crippen LogP contribution in [0.5, 0.6) is 0 Å². The summed E-state index contributed by atoms with van der Waals surface area (Å²) in [4.78, 5) is 10.2. The van der Waals surface area contributed by atoms with Gasteiger partial charge >= 0.3 is 0 Å². The second-order valence-electron chi connectivity index (χ2n) is 4.64. The SMILES string of the molecule is CS(=O)NC1CCN(c2ccccn2)C[C@H]1COF. The number of hydrogen-bond acceptors (Lipinski definition) is 4. The fourth-order valence-corrected chi connectivity index (χ4v) is 3.14. The molecule has 19 heavy (non-hydrogen) atoms. The van der Waals surface area contributed by atoms with Crippen molar-refractivity contribution in [3.8, 4) is 0 Å². The maximum atomic E-state index is 12.2. The van der Waals surface area contributed by atoms with Crippen LogP contribution in [-0.4, -0.2) is 41.2 Å². The molecule has 0 aromatic carbocycles. The predicted molar refractivity (Wildman–Crippen MR) is 72.6 cm³/mol. The average molecular weight is 287 g/mol. The summed E-state index contributed by atoms with van der Waals surface area (Å²) in [6.07, 6.45) is 4.10. The van der Waals surface area contributed by atoms with Crippen LogP contribution in [-0.2, 0) is 15.9 Å². The summed E-state index contributed by atoms with van der Waals surface area (Å²) < 4.78 is 26.4. The van der Waals surface area contributed by atoms with E-state index in [1.165, 1.54) is 0 Å². The Morgan fingerprint density at radius 3 is 3.11 bits per heavy atom. The maximum Gasteiger partial charge on any atom is 0.128 e. The highest BCUT2D eigenvalue weighted by atomic mass is 32.2. The lowest BCUT2D eigenvalue weighted by molar-refractivity contribution is -0.147. The Morgan fingerprint density at radius 1 is 1.63 bits per heavy atom. The molecule has 3 atom stereocenters. The predicted octanol–water partition coefficient (Wildman–Crippen LogP) is 1.06. The van der Waals surface area contributed by atoms with E-state index in [0.29, 0.717) is 6.54 Å². The molecule has 0 radical (unpaired) electrons. The monoisotopic (exact) mass is 287 g/mol. The fourth-order valence-electron chi connectivity index (χ4n) is 2.40. The first kappa shape index (κ1) is 14.4. The van der Waals surface area contributed by atoms with Crippen LogP contribution in [0.2, 0.25) is 0 Å². The molecular weight excluding hydrogens is 269 g/mol. The number of nitrogens with zero attached hydrogens (tertiary/aromatic N) is 2. The molecule has 0 spiro atoms. The number of aromatic nitrogens is 1. The van der Waals surface area contributed by atoms with Crippen molar-refractivity contribution in [3.05, 3.63) is 24.4 Å². The van der Waals surface area contributed by atoms with Gasteiger partial charge in [-0.2, -0.15) is 4.94 Å².